The number of aromatic nitrogens is 2. The molecule has 1 aromatic carbocycles. The summed E-state index contributed by atoms with van der Waals surface area (Å²) in [7, 11) is 0. The second-order valence-corrected chi connectivity index (χ2v) is 5.73. The first-order valence-corrected chi connectivity index (χ1v) is 7.43. The smallest absolute Gasteiger partial charge is 0.201 e. The van der Waals surface area contributed by atoms with Crippen LogP contribution in [-0.4, -0.2) is 53.3 Å². The van der Waals surface area contributed by atoms with Crippen LogP contribution in [0.4, 0.5) is 5.95 Å². The third-order valence-electron chi connectivity index (χ3n) is 4.35. The lowest BCUT2D eigenvalue weighted by atomic mass is 10.2. The Hall–Kier alpha value is -1.59. The van der Waals surface area contributed by atoms with Gasteiger partial charge < -0.3 is 15.0 Å². The lowest BCUT2D eigenvalue weighted by molar-refractivity contribution is -0.0416. The Morgan fingerprint density at radius 1 is 1.40 bits per heavy atom. The average Bonchev–Trinajstić information content (AvgIpc) is 3.10. The van der Waals surface area contributed by atoms with Crippen LogP contribution in [0.2, 0.25) is 0 Å². The number of aromatic amines is 1. The van der Waals surface area contributed by atoms with Gasteiger partial charge in [-0.25, -0.2) is 4.98 Å². The summed E-state index contributed by atoms with van der Waals surface area (Å²) in [5.41, 5.74) is 2.07. The number of H-pyrrole nitrogens is 1. The van der Waals surface area contributed by atoms with Gasteiger partial charge in [-0.05, 0) is 31.5 Å². The van der Waals surface area contributed by atoms with Gasteiger partial charge in [-0.15, -0.1) is 0 Å². The van der Waals surface area contributed by atoms with E-state index in [1.54, 1.807) is 0 Å². The highest BCUT2D eigenvalue weighted by atomic mass is 16.5. The number of ether oxygens (including phenoxy) is 1. The zero-order chi connectivity index (χ0) is 13.4. The maximum Gasteiger partial charge on any atom is 0.201 e. The number of morpholine rings is 1. The van der Waals surface area contributed by atoms with Crippen LogP contribution < -0.4 is 5.32 Å². The van der Waals surface area contributed by atoms with Crippen LogP contribution in [0.25, 0.3) is 11.0 Å². The number of benzene rings is 1. The predicted molar refractivity (Wildman–Crippen MR) is 78.9 cm³/mol. The third kappa shape index (κ3) is 2.27. The summed E-state index contributed by atoms with van der Waals surface area (Å²) in [5.74, 6) is 0.832. The van der Waals surface area contributed by atoms with Crippen LogP contribution in [0.5, 0.6) is 0 Å². The summed E-state index contributed by atoms with van der Waals surface area (Å²) in [6.07, 6.45) is 2.87. The van der Waals surface area contributed by atoms with E-state index in [-0.39, 0.29) is 6.10 Å². The SMILES string of the molecule is c1ccc2[nH]c(NCC3CN4CCCC4CO3)nc2c1. The highest BCUT2D eigenvalue weighted by Gasteiger charge is 2.31. The van der Waals surface area contributed by atoms with E-state index in [9.17, 15) is 0 Å². The highest BCUT2D eigenvalue weighted by molar-refractivity contribution is 5.77. The van der Waals surface area contributed by atoms with Gasteiger partial charge in [0.25, 0.3) is 0 Å². The second kappa shape index (κ2) is 5.07. The van der Waals surface area contributed by atoms with E-state index < -0.39 is 0 Å². The van der Waals surface area contributed by atoms with Crippen LogP contribution >= 0.6 is 0 Å². The van der Waals surface area contributed by atoms with Crippen LogP contribution in [0.3, 0.4) is 0 Å². The highest BCUT2D eigenvalue weighted by Crippen LogP contribution is 2.22. The van der Waals surface area contributed by atoms with Crippen molar-refractivity contribution in [2.75, 3.05) is 31.6 Å². The molecule has 0 aliphatic carbocycles. The molecule has 2 atom stereocenters. The van der Waals surface area contributed by atoms with Crippen molar-refractivity contribution in [1.82, 2.24) is 14.9 Å². The molecule has 2 saturated heterocycles. The molecule has 5 heteroatoms. The fourth-order valence-corrected chi connectivity index (χ4v) is 3.26. The lowest BCUT2D eigenvalue weighted by Crippen LogP contribution is -2.48. The number of imidazole rings is 1. The van der Waals surface area contributed by atoms with Gasteiger partial charge in [0.1, 0.15) is 0 Å². The van der Waals surface area contributed by atoms with Crippen molar-refractivity contribution in [3.05, 3.63) is 24.3 Å². The molecule has 0 radical (unpaired) electrons. The van der Waals surface area contributed by atoms with Gasteiger partial charge in [-0.3, -0.25) is 4.90 Å². The van der Waals surface area contributed by atoms with Crippen LogP contribution in [0, 0.1) is 0 Å². The second-order valence-electron chi connectivity index (χ2n) is 5.73. The summed E-state index contributed by atoms with van der Waals surface area (Å²) >= 11 is 0. The molecule has 2 fully saturated rings. The van der Waals surface area contributed by atoms with Gasteiger partial charge in [-0.2, -0.15) is 0 Å². The number of para-hydroxylation sites is 2. The molecule has 0 saturated carbocycles. The van der Waals surface area contributed by atoms with E-state index in [0.29, 0.717) is 6.04 Å². The van der Waals surface area contributed by atoms with Crippen molar-refractivity contribution >= 4 is 17.0 Å². The normalized spacial score (nSPS) is 26.8. The topological polar surface area (TPSA) is 53.2 Å². The van der Waals surface area contributed by atoms with E-state index in [1.807, 2.05) is 24.3 Å². The summed E-state index contributed by atoms with van der Waals surface area (Å²) in [6, 6.07) is 8.74. The van der Waals surface area contributed by atoms with E-state index >= 15 is 0 Å². The van der Waals surface area contributed by atoms with Crippen molar-refractivity contribution in [3.63, 3.8) is 0 Å². The van der Waals surface area contributed by atoms with Gasteiger partial charge in [0.05, 0.1) is 23.7 Å². The Balaban J connectivity index is 1.38. The first-order chi connectivity index (χ1) is 9.88. The molecule has 5 nitrogen and oxygen atoms in total. The van der Waals surface area contributed by atoms with Crippen molar-refractivity contribution in [2.45, 2.75) is 25.0 Å². The van der Waals surface area contributed by atoms with Gasteiger partial charge in [0.2, 0.25) is 5.95 Å². The van der Waals surface area contributed by atoms with E-state index in [1.165, 1.54) is 19.4 Å². The quantitative estimate of drug-likeness (QED) is 0.895. The molecule has 2 unspecified atom stereocenters. The van der Waals surface area contributed by atoms with Gasteiger partial charge in [-0.1, -0.05) is 12.1 Å². The van der Waals surface area contributed by atoms with Gasteiger partial charge in [0, 0.05) is 19.1 Å². The number of hydrogen-bond acceptors (Lipinski definition) is 4. The molecule has 2 aromatic rings. The molecule has 4 rings (SSSR count). The first kappa shape index (κ1) is 12.2. The zero-order valence-corrected chi connectivity index (χ0v) is 11.5. The minimum Gasteiger partial charge on any atom is -0.373 e. The first-order valence-electron chi connectivity index (χ1n) is 7.43. The zero-order valence-electron chi connectivity index (χ0n) is 11.5. The predicted octanol–water partition coefficient (Wildman–Crippen LogP) is 1.84. The standard InChI is InChI=1S/C15H20N4O/c1-2-6-14-13(5-1)17-15(18-14)16-8-12-9-19-7-3-4-11(19)10-20-12/h1-2,5-6,11-12H,3-4,7-10H2,(H2,16,17,18). The third-order valence-corrected chi connectivity index (χ3v) is 4.35. The van der Waals surface area contributed by atoms with Crippen LogP contribution in [0.15, 0.2) is 24.3 Å². The summed E-state index contributed by atoms with van der Waals surface area (Å²) in [6.45, 7) is 3.96. The Kier molecular flexibility index (Phi) is 3.09. The number of nitrogens with one attached hydrogen (secondary N) is 2. The molecular formula is C15H20N4O. The molecule has 0 amide bonds. The van der Waals surface area contributed by atoms with E-state index in [4.69, 9.17) is 4.74 Å². The van der Waals surface area contributed by atoms with Crippen molar-refractivity contribution < 1.29 is 4.74 Å². The summed E-state index contributed by atoms with van der Waals surface area (Å²) in [5, 5.41) is 3.37. The Bertz CT molecular complexity index is 563. The number of nitrogens with zero attached hydrogens (tertiary/aromatic N) is 2. The van der Waals surface area contributed by atoms with E-state index in [0.717, 1.165) is 36.7 Å². The Labute approximate surface area is 118 Å². The molecule has 3 heterocycles. The number of anilines is 1. The van der Waals surface area contributed by atoms with E-state index in [2.05, 4.69) is 20.2 Å². The Morgan fingerprint density at radius 3 is 3.30 bits per heavy atom. The van der Waals surface area contributed by atoms with Gasteiger partial charge >= 0.3 is 0 Å². The van der Waals surface area contributed by atoms with Crippen molar-refractivity contribution in [2.24, 2.45) is 0 Å². The maximum atomic E-state index is 5.94. The lowest BCUT2D eigenvalue weighted by Gasteiger charge is -2.35. The molecule has 2 N–H and O–H groups in total. The molecule has 0 bridgehead atoms. The van der Waals surface area contributed by atoms with Crippen LogP contribution in [-0.2, 0) is 4.74 Å². The average molecular weight is 272 g/mol. The van der Waals surface area contributed by atoms with Gasteiger partial charge in [0.15, 0.2) is 0 Å². The summed E-state index contributed by atoms with van der Waals surface area (Å²) < 4.78 is 5.94. The number of fused-ring (bicyclic) bond motifs is 2. The molecule has 20 heavy (non-hydrogen) atoms. The van der Waals surface area contributed by atoms with Crippen molar-refractivity contribution in [1.29, 1.82) is 0 Å². The molecular weight excluding hydrogens is 252 g/mol. The molecule has 2 aliphatic heterocycles. The number of rotatable bonds is 3. The van der Waals surface area contributed by atoms with Crippen LogP contribution in [0.1, 0.15) is 12.8 Å². The minimum atomic E-state index is 0.262. The largest absolute Gasteiger partial charge is 0.373 e. The number of hydrogen-bond donors (Lipinski definition) is 2. The fourth-order valence-electron chi connectivity index (χ4n) is 3.26. The summed E-state index contributed by atoms with van der Waals surface area (Å²) in [4.78, 5) is 10.4. The molecule has 0 spiro atoms. The molecule has 106 valence electrons. The monoisotopic (exact) mass is 272 g/mol. The fraction of sp³-hybridized carbons (Fsp3) is 0.533. The minimum absolute atomic E-state index is 0.262. The van der Waals surface area contributed by atoms with Crippen molar-refractivity contribution in [3.8, 4) is 0 Å². The molecule has 2 aliphatic rings. The Morgan fingerprint density at radius 2 is 2.35 bits per heavy atom. The maximum absolute atomic E-state index is 5.94. The molecule has 1 aromatic heterocycles.